The number of nitrogens with one attached hydrogen (secondary N) is 3. The molecule has 1 saturated heterocycles. The number of amides is 1. The van der Waals surface area contributed by atoms with Crippen LogP contribution in [0.25, 0.3) is 0 Å². The molecule has 1 aliphatic heterocycles. The first kappa shape index (κ1) is 26.4. The summed E-state index contributed by atoms with van der Waals surface area (Å²) >= 11 is 1.80. The van der Waals surface area contributed by atoms with Gasteiger partial charge in [0.15, 0.2) is 5.96 Å². The topological polar surface area (TPSA) is 89.0 Å². The Bertz CT molecular complexity index is 841. The molecule has 1 aromatic carbocycles. The molecule has 1 fully saturated rings. The number of halogens is 1. The molecule has 0 radical (unpaired) electrons. The fourth-order valence-corrected chi connectivity index (χ4v) is 4.54. The lowest BCUT2D eigenvalue weighted by atomic mass is 10.2. The van der Waals surface area contributed by atoms with Crippen molar-refractivity contribution in [1.82, 2.24) is 20.9 Å². The van der Waals surface area contributed by atoms with Crippen LogP contribution in [-0.4, -0.2) is 61.1 Å². The summed E-state index contributed by atoms with van der Waals surface area (Å²) in [5.74, 6) is 0.721. The normalized spacial score (nSPS) is 15.1. The van der Waals surface area contributed by atoms with Gasteiger partial charge in [0.2, 0.25) is 0 Å². The van der Waals surface area contributed by atoms with E-state index in [2.05, 4.69) is 45.3 Å². The van der Waals surface area contributed by atoms with Gasteiger partial charge in [0.1, 0.15) is 5.75 Å². The minimum absolute atomic E-state index is 0. The van der Waals surface area contributed by atoms with E-state index in [1.165, 1.54) is 23.8 Å². The van der Waals surface area contributed by atoms with Gasteiger partial charge in [-0.2, -0.15) is 0 Å². The minimum atomic E-state index is -0.180. The van der Waals surface area contributed by atoms with E-state index in [0.29, 0.717) is 24.7 Å². The van der Waals surface area contributed by atoms with E-state index in [4.69, 9.17) is 4.99 Å². The van der Waals surface area contributed by atoms with Crippen molar-refractivity contribution in [3.05, 3.63) is 52.2 Å². The number of phenols is 1. The fourth-order valence-electron chi connectivity index (χ4n) is 3.69. The van der Waals surface area contributed by atoms with Crippen LogP contribution in [0.3, 0.4) is 0 Å². The number of hydrogen-bond donors (Lipinski definition) is 4. The summed E-state index contributed by atoms with van der Waals surface area (Å²) in [6, 6.07) is 11.0. The first-order valence-electron chi connectivity index (χ1n) is 11.0. The van der Waals surface area contributed by atoms with E-state index >= 15 is 0 Å². The average Bonchev–Trinajstić information content (AvgIpc) is 3.48. The Morgan fingerprint density at radius 2 is 1.94 bits per heavy atom. The molecule has 1 aromatic heterocycles. The second kappa shape index (κ2) is 14.3. The average molecular weight is 572 g/mol. The molecule has 3 rings (SSSR count). The number of carbonyl (C=O) groups is 1. The highest BCUT2D eigenvalue weighted by Gasteiger charge is 2.24. The van der Waals surface area contributed by atoms with Crippen LogP contribution in [0.2, 0.25) is 0 Å². The van der Waals surface area contributed by atoms with E-state index in [1.54, 1.807) is 29.5 Å². The zero-order valence-electron chi connectivity index (χ0n) is 18.5. The smallest absolute Gasteiger partial charge is 0.251 e. The third kappa shape index (κ3) is 8.25. The Kier molecular flexibility index (Phi) is 11.8. The zero-order chi connectivity index (χ0) is 21.9. The minimum Gasteiger partial charge on any atom is -0.508 e. The van der Waals surface area contributed by atoms with Gasteiger partial charge in [-0.3, -0.25) is 14.7 Å². The molecule has 32 heavy (non-hydrogen) atoms. The first-order chi connectivity index (χ1) is 15.2. The number of thiophene rings is 1. The predicted molar refractivity (Wildman–Crippen MR) is 142 cm³/mol. The molecule has 0 saturated carbocycles. The highest BCUT2D eigenvalue weighted by molar-refractivity contribution is 14.0. The van der Waals surface area contributed by atoms with Gasteiger partial charge in [0.25, 0.3) is 5.91 Å². The molecule has 1 amide bonds. The number of aliphatic imine (C=N–C) groups is 1. The van der Waals surface area contributed by atoms with Gasteiger partial charge in [-0.1, -0.05) is 12.1 Å². The second-order valence-corrected chi connectivity index (χ2v) is 8.56. The van der Waals surface area contributed by atoms with Crippen molar-refractivity contribution >= 4 is 47.2 Å². The van der Waals surface area contributed by atoms with Gasteiger partial charge in [-0.15, -0.1) is 35.3 Å². The van der Waals surface area contributed by atoms with Crippen LogP contribution in [-0.2, 0) is 0 Å². The van der Waals surface area contributed by atoms with Crippen LogP contribution >= 0.6 is 35.3 Å². The highest BCUT2D eigenvalue weighted by Crippen LogP contribution is 2.28. The molecular weight excluding hydrogens is 537 g/mol. The van der Waals surface area contributed by atoms with E-state index in [0.717, 1.165) is 38.6 Å². The Labute approximate surface area is 211 Å². The van der Waals surface area contributed by atoms with Crippen LogP contribution in [0.5, 0.6) is 5.75 Å². The molecular formula is C23H34IN5O2S. The third-order valence-electron chi connectivity index (χ3n) is 5.26. The molecule has 9 heteroatoms. The van der Waals surface area contributed by atoms with E-state index < -0.39 is 0 Å². The van der Waals surface area contributed by atoms with Crippen molar-refractivity contribution in [2.45, 2.75) is 32.2 Å². The van der Waals surface area contributed by atoms with Crippen LogP contribution in [0.15, 0.2) is 46.8 Å². The molecule has 2 aromatic rings. The third-order valence-corrected chi connectivity index (χ3v) is 6.23. The Balaban J connectivity index is 0.00000363. The van der Waals surface area contributed by atoms with Crippen LogP contribution < -0.4 is 16.0 Å². The fraction of sp³-hybridized carbons (Fsp3) is 0.478. The molecule has 7 nitrogen and oxygen atoms in total. The van der Waals surface area contributed by atoms with Gasteiger partial charge < -0.3 is 21.1 Å². The second-order valence-electron chi connectivity index (χ2n) is 7.58. The van der Waals surface area contributed by atoms with Gasteiger partial charge >= 0.3 is 0 Å². The maximum atomic E-state index is 12.1. The maximum absolute atomic E-state index is 12.1. The highest BCUT2D eigenvalue weighted by atomic mass is 127. The van der Waals surface area contributed by atoms with Crippen molar-refractivity contribution in [1.29, 1.82) is 0 Å². The number of hydrogen-bond acceptors (Lipinski definition) is 5. The number of nitrogens with zero attached hydrogens (tertiary/aromatic N) is 2. The van der Waals surface area contributed by atoms with Gasteiger partial charge in [0.05, 0.1) is 12.6 Å². The number of likely N-dealkylation sites (tertiary alicyclic amines) is 1. The summed E-state index contributed by atoms with van der Waals surface area (Å²) in [5, 5.41) is 21.2. The van der Waals surface area contributed by atoms with Gasteiger partial charge in [0, 0.05) is 30.1 Å². The quantitative estimate of drug-likeness (QED) is 0.152. The lowest BCUT2D eigenvalue weighted by Crippen LogP contribution is -2.39. The number of phenolic OH excluding ortho intramolecular Hbond substituents is 1. The predicted octanol–water partition coefficient (Wildman–Crippen LogP) is 3.58. The maximum Gasteiger partial charge on any atom is 0.251 e. The summed E-state index contributed by atoms with van der Waals surface area (Å²) in [6.45, 7) is 7.12. The van der Waals surface area contributed by atoms with E-state index in [9.17, 15) is 9.90 Å². The molecule has 1 unspecified atom stereocenters. The molecule has 2 heterocycles. The van der Waals surface area contributed by atoms with Crippen molar-refractivity contribution in [3.63, 3.8) is 0 Å². The monoisotopic (exact) mass is 571 g/mol. The van der Waals surface area contributed by atoms with Gasteiger partial charge in [-0.05, 0) is 68.9 Å². The van der Waals surface area contributed by atoms with Crippen molar-refractivity contribution < 1.29 is 9.90 Å². The largest absolute Gasteiger partial charge is 0.508 e. The SMILES string of the molecule is CCNC(=NCC(c1cccs1)N1CCCC1)NCCCNC(=O)c1cccc(O)c1.I. The Morgan fingerprint density at radius 1 is 1.16 bits per heavy atom. The lowest BCUT2D eigenvalue weighted by molar-refractivity contribution is 0.0953. The van der Waals surface area contributed by atoms with Gasteiger partial charge in [-0.25, -0.2) is 0 Å². The van der Waals surface area contributed by atoms with Crippen molar-refractivity contribution in [2.75, 3.05) is 39.3 Å². The summed E-state index contributed by atoms with van der Waals surface area (Å²) in [7, 11) is 0. The zero-order valence-corrected chi connectivity index (χ0v) is 21.7. The Morgan fingerprint density at radius 3 is 2.62 bits per heavy atom. The standard InChI is InChI=1S/C23H33N5O2S.HI/c1-2-24-23(26-12-7-11-25-22(30)18-8-5-9-19(29)16-18)27-17-20(21-10-6-15-31-21)28-13-3-4-14-28;/h5-6,8-10,15-16,20,29H,2-4,7,11-14,17H2,1H3,(H,25,30)(H2,24,26,27);1H. The molecule has 0 bridgehead atoms. The molecule has 0 spiro atoms. The summed E-state index contributed by atoms with van der Waals surface area (Å²) < 4.78 is 0. The number of guanidine groups is 1. The molecule has 1 aliphatic rings. The summed E-state index contributed by atoms with van der Waals surface area (Å²) in [4.78, 5) is 20.9. The number of benzene rings is 1. The lowest BCUT2D eigenvalue weighted by Gasteiger charge is -2.25. The van der Waals surface area contributed by atoms with E-state index in [1.807, 2.05) is 0 Å². The van der Waals surface area contributed by atoms with Crippen molar-refractivity contribution in [3.8, 4) is 5.75 Å². The first-order valence-corrected chi connectivity index (χ1v) is 11.9. The number of rotatable bonds is 10. The molecule has 176 valence electrons. The summed E-state index contributed by atoms with van der Waals surface area (Å²) in [5.41, 5.74) is 0.462. The van der Waals surface area contributed by atoms with E-state index in [-0.39, 0.29) is 35.6 Å². The molecule has 0 aliphatic carbocycles. The summed E-state index contributed by atoms with van der Waals surface area (Å²) in [6.07, 6.45) is 3.30. The van der Waals surface area contributed by atoms with Crippen LogP contribution in [0, 0.1) is 0 Å². The number of carbonyl (C=O) groups excluding carboxylic acids is 1. The molecule has 4 N–H and O–H groups in total. The van der Waals surface area contributed by atoms with Crippen LogP contribution in [0.4, 0.5) is 0 Å². The number of aromatic hydroxyl groups is 1. The van der Waals surface area contributed by atoms with Crippen molar-refractivity contribution in [2.24, 2.45) is 4.99 Å². The Hall–Kier alpha value is -1.85. The van der Waals surface area contributed by atoms with Crippen LogP contribution in [0.1, 0.15) is 47.5 Å². The molecule has 1 atom stereocenters.